The van der Waals surface area contributed by atoms with Crippen LogP contribution in [0.3, 0.4) is 0 Å². The Kier molecular flexibility index (Phi) is 46.6. The molecular formula is C94H146N16O39. The predicted octanol–water partition coefficient (Wildman–Crippen LogP) is -6.06. The molecule has 0 radical (unpaired) electrons. The molecule has 4 aromatic heterocycles. The Bertz CT molecular complexity index is 4760. The van der Waals surface area contributed by atoms with E-state index in [1.807, 2.05) is 9.97 Å². The number of H-pyrrole nitrogens is 4. The Hall–Kier alpha value is -9.28. The number of Topliss-reactive ketones (excluding diaryl/α,β-unsaturated/α-hetero) is 2. The van der Waals surface area contributed by atoms with Crippen molar-refractivity contribution in [2.24, 2.45) is 35.1 Å². The molecule has 4 aliphatic carbocycles. The van der Waals surface area contributed by atoms with Gasteiger partial charge < -0.3 is 175 Å². The normalized spacial score (nSPS) is 31.1. The van der Waals surface area contributed by atoms with Crippen LogP contribution in [0, 0.1) is 23.7 Å². The molecule has 8 fully saturated rings. The number of nitrogens with zero attached hydrogens (tertiary/aromatic N) is 6. The number of aliphatic hydroxyl groups excluding tert-OH is 10. The first-order chi connectivity index (χ1) is 71.6. The summed E-state index contributed by atoms with van der Waals surface area (Å²) < 4.78 is 95.0. The van der Waals surface area contributed by atoms with E-state index >= 15 is 0 Å². The summed E-state index contributed by atoms with van der Waals surface area (Å²) in [7, 11) is 0. The number of nitrogens with one attached hydrogen (secondary N) is 8. The summed E-state index contributed by atoms with van der Waals surface area (Å²) in [6.07, 6.45) is -29.3. The van der Waals surface area contributed by atoms with E-state index in [0.717, 1.165) is 50.7 Å². The van der Waals surface area contributed by atoms with Crippen LogP contribution in [-0.4, -0.2) is 409 Å². The monoisotopic (exact) mass is 2120 g/mol. The largest absolute Gasteiger partial charge is 0.479 e. The quantitative estimate of drug-likeness (QED) is 0.0183. The highest BCUT2D eigenvalue weighted by Gasteiger charge is 2.57. The first-order valence-corrected chi connectivity index (χ1v) is 51.2. The third-order valence-corrected chi connectivity index (χ3v) is 28.1. The molecule has 0 bridgehead atoms. The van der Waals surface area contributed by atoms with E-state index in [2.05, 4.69) is 51.9 Å². The molecule has 836 valence electrons. The van der Waals surface area contributed by atoms with Gasteiger partial charge in [-0.3, -0.25) is 57.7 Å². The number of aromatic amines is 4. The third kappa shape index (κ3) is 34.4. The molecular weight excluding hydrogens is 1980 g/mol. The summed E-state index contributed by atoms with van der Waals surface area (Å²) >= 11 is 0. The predicted molar refractivity (Wildman–Crippen MR) is 507 cm³/mol. The standard InChI is InChI=1S/C94H146N16O39/c1-47-73(119)77(123)79(125)91(140-47)148-81-55(97-85(127)57-39-69(117)103-93(133)99-57)35-51(59(113)17-9-21-95)37-61(81)144-89-71(83(75(121)65(43-111)146-89)142-63(87(129)130)33-49-13-5-3-6-14-49)101-67(115)19-11-23-109-41-53(105-107-109)45-138-31-29-136-27-25-135-26-28-137-30-32-139-46-54-42-110(108-106-54)24-12-20-68(116)102-72-84(143-64(88(131)132)34-50-15-7-4-8-16-50)76(122)66(44-112)147-90(72)145-62-38-52(60(114)18-10-22-96)36-56(98-86(128)58-40-70(118)104-94(134)100-58)82(62)149-92-80(126)78(124)74(120)48(2)141-92/h39-42,47-52,55-56,61-66,71-84,89-92,111-112,119-126H,3-38,43-46,95-96H2,1-2H3,(H,97,127)(H,98,128)(H,101,115)(H,102,116)(H,129,130)(H,131,132)(H2,99,103,117,133)(H2,100,104,118,134)/t47?,48?,51?,52?,55?,56?,61-,62-,63+,64+,65+,66+,71?,72?,73-,74-,75+,76+,77+,78+,79?,80?,81-,82-,83?,84?,89-,90-,91+,92+/m1/s1. The first-order valence-electron chi connectivity index (χ1n) is 51.2. The minimum Gasteiger partial charge on any atom is -0.479 e. The molecule has 0 aromatic carbocycles. The minimum absolute atomic E-state index is 0.0150. The lowest BCUT2D eigenvalue weighted by atomic mass is 9.78. The maximum atomic E-state index is 14.4. The zero-order valence-corrected chi connectivity index (χ0v) is 83.3. The van der Waals surface area contributed by atoms with Gasteiger partial charge in [0.05, 0.1) is 128 Å². The van der Waals surface area contributed by atoms with Gasteiger partial charge in [-0.2, -0.15) is 0 Å². The second-order valence-electron chi connectivity index (χ2n) is 39.2. The summed E-state index contributed by atoms with van der Waals surface area (Å²) in [6.45, 7) is 3.18. The minimum atomic E-state index is -1.95. The van der Waals surface area contributed by atoms with Gasteiger partial charge in [0.15, 0.2) is 37.4 Å². The Morgan fingerprint density at radius 1 is 0.436 bits per heavy atom. The van der Waals surface area contributed by atoms with Gasteiger partial charge in [0.25, 0.3) is 22.9 Å². The smallest absolute Gasteiger partial charge is 0.332 e. The zero-order valence-electron chi connectivity index (χ0n) is 83.3. The molecule has 4 amide bonds. The number of carboxylic acid groups (broad SMARTS) is 2. The van der Waals surface area contributed by atoms with Crippen LogP contribution < -0.4 is 55.2 Å². The van der Waals surface area contributed by atoms with Crippen molar-refractivity contribution >= 4 is 47.1 Å². The Morgan fingerprint density at radius 2 is 0.805 bits per heavy atom. The van der Waals surface area contributed by atoms with Crippen LogP contribution in [0.25, 0.3) is 0 Å². The van der Waals surface area contributed by atoms with Crippen molar-refractivity contribution in [3.63, 3.8) is 0 Å². The van der Waals surface area contributed by atoms with Crippen molar-refractivity contribution in [2.75, 3.05) is 79.2 Å². The number of hydrogen-bond acceptors (Lipinski definition) is 43. The first kappa shape index (κ1) is 118. The van der Waals surface area contributed by atoms with Gasteiger partial charge in [-0.15, -0.1) is 10.2 Å². The van der Waals surface area contributed by atoms with E-state index in [1.54, 1.807) is 12.4 Å². The van der Waals surface area contributed by atoms with E-state index in [0.29, 0.717) is 37.1 Å². The molecule has 0 spiro atoms. The molecule has 8 aliphatic rings. The van der Waals surface area contributed by atoms with Gasteiger partial charge in [0.1, 0.15) is 132 Å². The molecule has 30 atom stereocenters. The van der Waals surface area contributed by atoms with E-state index in [1.165, 1.54) is 23.2 Å². The van der Waals surface area contributed by atoms with Gasteiger partial charge in [-0.1, -0.05) is 74.6 Å². The molecule has 149 heavy (non-hydrogen) atoms. The van der Waals surface area contributed by atoms with E-state index in [-0.39, 0.29) is 206 Å². The van der Waals surface area contributed by atoms with Crippen LogP contribution in [0.2, 0.25) is 0 Å². The maximum absolute atomic E-state index is 14.4. The lowest BCUT2D eigenvalue weighted by Gasteiger charge is -2.49. The molecule has 12 unspecified atom stereocenters. The van der Waals surface area contributed by atoms with Crippen molar-refractivity contribution in [3.8, 4) is 0 Å². The summed E-state index contributed by atoms with van der Waals surface area (Å²) in [5, 5.41) is 161. The van der Waals surface area contributed by atoms with Gasteiger partial charge >= 0.3 is 23.3 Å². The number of ketones is 2. The van der Waals surface area contributed by atoms with E-state index < -0.39 is 266 Å². The fourth-order valence-corrected chi connectivity index (χ4v) is 20.1. The van der Waals surface area contributed by atoms with Crippen molar-refractivity contribution < 1.29 is 171 Å². The van der Waals surface area contributed by atoms with Crippen molar-refractivity contribution in [3.05, 3.63) is 89.0 Å². The molecule has 4 saturated carbocycles. The fourth-order valence-electron chi connectivity index (χ4n) is 20.1. The highest BCUT2D eigenvalue weighted by molar-refractivity contribution is 5.93. The van der Waals surface area contributed by atoms with Gasteiger partial charge in [-0.25, -0.2) is 19.2 Å². The Balaban J connectivity index is 0.591. The molecule has 55 heteroatoms. The third-order valence-electron chi connectivity index (χ3n) is 28.1. The summed E-state index contributed by atoms with van der Waals surface area (Å²) in [5.74, 6) is -9.11. The van der Waals surface area contributed by atoms with Gasteiger partial charge in [0.2, 0.25) is 11.8 Å². The lowest BCUT2D eigenvalue weighted by Crippen LogP contribution is -2.68. The Labute approximate surface area is 854 Å². The van der Waals surface area contributed by atoms with Crippen LogP contribution in [0.15, 0.2) is 43.7 Å². The second kappa shape index (κ2) is 58.7. The van der Waals surface area contributed by atoms with Crippen molar-refractivity contribution in [1.29, 1.82) is 0 Å². The van der Waals surface area contributed by atoms with Crippen LogP contribution in [-0.2, 0) is 126 Å². The number of aliphatic carboxylic acids is 2. The molecule has 12 rings (SSSR count). The summed E-state index contributed by atoms with van der Waals surface area (Å²) in [6, 6.07) is -4.37. The van der Waals surface area contributed by atoms with Crippen LogP contribution in [0.5, 0.6) is 0 Å². The number of carbonyl (C=O) groups is 8. The number of aromatic nitrogens is 10. The summed E-state index contributed by atoms with van der Waals surface area (Å²) in [4.78, 5) is 170. The molecule has 4 aliphatic heterocycles. The van der Waals surface area contributed by atoms with Crippen molar-refractivity contribution in [1.82, 2.24) is 71.2 Å². The number of carboxylic acids is 2. The topological polar surface area (TPSA) is 811 Å². The average Bonchev–Trinajstić information content (AvgIpc) is 1.17. The number of aliphatic hydroxyl groups is 10. The number of rotatable bonds is 58. The number of nitrogens with two attached hydrogens (primary N) is 2. The van der Waals surface area contributed by atoms with E-state index in [9.17, 15) is 119 Å². The maximum Gasteiger partial charge on any atom is 0.332 e. The molecule has 4 aromatic rings. The Morgan fingerprint density at radius 3 is 1.15 bits per heavy atom. The van der Waals surface area contributed by atoms with E-state index in [4.69, 9.17) is 82.5 Å². The molecule has 55 nitrogen and oxygen atoms in total. The average molecular weight is 2120 g/mol. The van der Waals surface area contributed by atoms with Gasteiger partial charge in [-0.05, 0) is 103 Å². The second-order valence-corrected chi connectivity index (χ2v) is 39.2. The lowest BCUT2D eigenvalue weighted by molar-refractivity contribution is -0.335. The van der Waals surface area contributed by atoms with Crippen LogP contribution in [0.4, 0.5) is 0 Å². The highest BCUT2D eigenvalue weighted by atomic mass is 16.8. The number of aryl methyl sites for hydroxylation is 2. The molecule has 24 N–H and O–H groups in total. The van der Waals surface area contributed by atoms with Crippen molar-refractivity contribution in [2.45, 2.75) is 366 Å². The number of amides is 4. The van der Waals surface area contributed by atoms with Gasteiger partial charge in [0, 0.05) is 62.7 Å². The van der Waals surface area contributed by atoms with Crippen LogP contribution in [0.1, 0.15) is 200 Å². The fraction of sp³-hybridized carbons (Fsp3) is 0.787. The molecule has 8 heterocycles. The SMILES string of the molecule is CC1O[C@@H](O[C@@H]2C(NC(=O)c3cc(=O)[nH]c(=O)[nH]3)CC(C(=O)CCCN)C[C@H]2O[C@@H]2O[C@@H](CO)[C@H](O)C(O[C@@H](CC3CCCCC3)C(=O)O)C2NC(=O)CCCn2cc(COCCOCCOCCOCCOCc3cn(CCCC(=O)NC4C(O[C@@H](CC5CCCCC5)C(=O)O)[C@@H](O)[C@H](CO)O[C@H]4O[C@@H]4CC(C(=O)CCCN)CC(NC(=O)c5cc(=O)[nH]c(=O)[nH]5)[C@H]4O[C@@H]4OC(C)[C@@H](O)[C@H](O)C4O)nn3)nn2)C(O)[C@@H](O)[C@@H]1O. The zero-order chi connectivity index (χ0) is 107. The van der Waals surface area contributed by atoms with Crippen LogP contribution >= 0.6 is 0 Å². The highest BCUT2D eigenvalue weighted by Crippen LogP contribution is 2.42. The number of ether oxygens (including phenoxy) is 15. The molecule has 4 saturated heterocycles. The summed E-state index contributed by atoms with van der Waals surface area (Å²) in [5.41, 5.74) is 7.57. The number of carbonyl (C=O) groups excluding carboxylic acids is 6. The number of hydrogen-bond donors (Lipinski definition) is 22.